The molecule has 1 N–H and O–H groups in total. The third kappa shape index (κ3) is 3.09. The van der Waals surface area contributed by atoms with Crippen molar-refractivity contribution in [2.24, 2.45) is 5.92 Å². The zero-order valence-corrected chi connectivity index (χ0v) is 12.2. The van der Waals surface area contributed by atoms with Gasteiger partial charge in [-0.1, -0.05) is 6.07 Å². The summed E-state index contributed by atoms with van der Waals surface area (Å²) in [5.74, 6) is -0.448. The van der Waals surface area contributed by atoms with Gasteiger partial charge in [-0.05, 0) is 63.3 Å². The van der Waals surface area contributed by atoms with E-state index in [9.17, 15) is 4.79 Å². The molecule has 3 heteroatoms. The Labute approximate surface area is 115 Å². The Balaban J connectivity index is 2.26. The predicted octanol–water partition coefficient (Wildman–Crippen LogP) is 3.38. The number of hydrogen-bond acceptors (Lipinski definition) is 2. The zero-order chi connectivity index (χ0) is 14.2. The van der Waals surface area contributed by atoms with E-state index in [2.05, 4.69) is 50.8 Å². The van der Waals surface area contributed by atoms with E-state index in [0.717, 1.165) is 13.0 Å². The molecule has 104 valence electrons. The lowest BCUT2D eigenvalue weighted by Crippen LogP contribution is -2.38. The van der Waals surface area contributed by atoms with Gasteiger partial charge in [0.1, 0.15) is 0 Å². The summed E-state index contributed by atoms with van der Waals surface area (Å²) in [4.78, 5) is 13.3. The summed E-state index contributed by atoms with van der Waals surface area (Å²) in [6.45, 7) is 9.45. The van der Waals surface area contributed by atoms with Crippen LogP contribution < -0.4 is 4.90 Å². The average molecular weight is 261 g/mol. The fraction of sp³-hybridized carbons (Fsp3) is 0.562. The second-order valence-electron chi connectivity index (χ2n) is 6.44. The van der Waals surface area contributed by atoms with Crippen LogP contribution in [0.4, 0.5) is 5.69 Å². The second-order valence-corrected chi connectivity index (χ2v) is 6.44. The number of benzene rings is 1. The molecule has 1 aromatic carbocycles. The van der Waals surface area contributed by atoms with Gasteiger partial charge in [0, 0.05) is 24.2 Å². The average Bonchev–Trinajstić information content (AvgIpc) is 2.50. The first-order valence-electron chi connectivity index (χ1n) is 6.86. The van der Waals surface area contributed by atoms with E-state index in [1.165, 1.54) is 16.8 Å². The Morgan fingerprint density at radius 2 is 1.89 bits per heavy atom. The molecular weight excluding hydrogens is 238 g/mol. The van der Waals surface area contributed by atoms with Gasteiger partial charge in [-0.25, -0.2) is 0 Å². The summed E-state index contributed by atoms with van der Waals surface area (Å²) in [7, 11) is 0. The highest BCUT2D eigenvalue weighted by atomic mass is 16.4. The van der Waals surface area contributed by atoms with Crippen molar-refractivity contribution in [1.82, 2.24) is 0 Å². The highest BCUT2D eigenvalue weighted by molar-refractivity contribution is 5.67. The van der Waals surface area contributed by atoms with Crippen molar-refractivity contribution in [3.05, 3.63) is 29.3 Å². The normalized spacial score (nSPS) is 21.7. The van der Waals surface area contributed by atoms with Crippen LogP contribution in [0.5, 0.6) is 0 Å². The number of nitrogens with zero attached hydrogens (tertiary/aromatic N) is 1. The van der Waals surface area contributed by atoms with Crippen molar-refractivity contribution < 1.29 is 9.90 Å². The first-order chi connectivity index (χ1) is 8.78. The molecule has 0 spiro atoms. The third-order valence-electron chi connectivity index (χ3n) is 3.94. The smallest absolute Gasteiger partial charge is 0.303 e. The number of carboxylic acids is 1. The molecule has 0 aliphatic carbocycles. The summed E-state index contributed by atoms with van der Waals surface area (Å²) in [6, 6.07) is 6.55. The highest BCUT2D eigenvalue weighted by Crippen LogP contribution is 2.38. The van der Waals surface area contributed by atoms with Gasteiger partial charge in [-0.2, -0.15) is 0 Å². The first kappa shape index (κ1) is 13.9. The van der Waals surface area contributed by atoms with Crippen LogP contribution in [0.1, 0.15) is 37.8 Å². The molecule has 1 aromatic rings. The van der Waals surface area contributed by atoms with Crippen molar-refractivity contribution in [3.63, 3.8) is 0 Å². The molecule has 0 amide bonds. The molecule has 0 saturated carbocycles. The van der Waals surface area contributed by atoms with Crippen LogP contribution in [-0.4, -0.2) is 23.2 Å². The van der Waals surface area contributed by atoms with Crippen LogP contribution in [0.25, 0.3) is 0 Å². The molecule has 3 nitrogen and oxygen atoms in total. The number of hydrogen-bond donors (Lipinski definition) is 1. The van der Waals surface area contributed by atoms with Gasteiger partial charge in [0.15, 0.2) is 0 Å². The molecule has 0 radical (unpaired) electrons. The molecule has 1 heterocycles. The van der Waals surface area contributed by atoms with Crippen LogP contribution in [0.15, 0.2) is 18.2 Å². The quantitative estimate of drug-likeness (QED) is 0.906. The van der Waals surface area contributed by atoms with E-state index in [-0.39, 0.29) is 17.9 Å². The lowest BCUT2D eigenvalue weighted by atomic mass is 9.94. The van der Waals surface area contributed by atoms with E-state index in [1.807, 2.05) is 0 Å². The monoisotopic (exact) mass is 261 g/mol. The number of aryl methyl sites for hydroxylation is 2. The third-order valence-corrected chi connectivity index (χ3v) is 3.94. The predicted molar refractivity (Wildman–Crippen MR) is 77.7 cm³/mol. The summed E-state index contributed by atoms with van der Waals surface area (Å²) in [5, 5.41) is 8.97. The van der Waals surface area contributed by atoms with Crippen molar-refractivity contribution in [3.8, 4) is 0 Å². The Kier molecular flexibility index (Phi) is 3.57. The van der Waals surface area contributed by atoms with E-state index >= 15 is 0 Å². The molecule has 1 aliphatic heterocycles. The first-order valence-corrected chi connectivity index (χ1v) is 6.86. The van der Waals surface area contributed by atoms with Gasteiger partial charge in [-0.3, -0.25) is 4.79 Å². The molecule has 2 rings (SSSR count). The van der Waals surface area contributed by atoms with Crippen LogP contribution in [0.3, 0.4) is 0 Å². The molecule has 1 saturated heterocycles. The van der Waals surface area contributed by atoms with Crippen LogP contribution >= 0.6 is 0 Å². The highest BCUT2D eigenvalue weighted by Gasteiger charge is 2.39. The van der Waals surface area contributed by atoms with Gasteiger partial charge in [0.25, 0.3) is 0 Å². The van der Waals surface area contributed by atoms with E-state index in [4.69, 9.17) is 5.11 Å². The number of carboxylic acid groups (broad SMARTS) is 1. The van der Waals surface area contributed by atoms with E-state index < -0.39 is 5.97 Å². The Morgan fingerprint density at radius 1 is 1.32 bits per heavy atom. The maximum atomic E-state index is 10.9. The number of aliphatic carboxylic acids is 1. The Hall–Kier alpha value is -1.51. The SMILES string of the molecule is Cc1cc(C)cc(N2CC(CC(=O)O)CC2(C)C)c1. The topological polar surface area (TPSA) is 40.5 Å². The van der Waals surface area contributed by atoms with Gasteiger partial charge in [-0.15, -0.1) is 0 Å². The lowest BCUT2D eigenvalue weighted by Gasteiger charge is -2.34. The minimum Gasteiger partial charge on any atom is -0.481 e. The second kappa shape index (κ2) is 4.87. The molecule has 0 aromatic heterocycles. The molecule has 1 fully saturated rings. The van der Waals surface area contributed by atoms with Crippen molar-refractivity contribution in [2.45, 2.75) is 46.1 Å². The van der Waals surface area contributed by atoms with Crippen LogP contribution in [0, 0.1) is 19.8 Å². The van der Waals surface area contributed by atoms with E-state index in [0.29, 0.717) is 0 Å². The maximum absolute atomic E-state index is 10.9. The zero-order valence-electron chi connectivity index (χ0n) is 12.2. The molecule has 1 aliphatic rings. The number of rotatable bonds is 3. The fourth-order valence-electron chi connectivity index (χ4n) is 3.33. The maximum Gasteiger partial charge on any atom is 0.303 e. The molecule has 1 unspecified atom stereocenters. The summed E-state index contributed by atoms with van der Waals surface area (Å²) in [6.07, 6.45) is 1.21. The van der Waals surface area contributed by atoms with Crippen LogP contribution in [-0.2, 0) is 4.79 Å². The van der Waals surface area contributed by atoms with Crippen molar-refractivity contribution in [2.75, 3.05) is 11.4 Å². The fourth-order valence-corrected chi connectivity index (χ4v) is 3.33. The van der Waals surface area contributed by atoms with Gasteiger partial charge in [0.05, 0.1) is 0 Å². The largest absolute Gasteiger partial charge is 0.481 e. The van der Waals surface area contributed by atoms with Gasteiger partial charge < -0.3 is 10.0 Å². The standard InChI is InChI=1S/C16H23NO2/c1-11-5-12(2)7-14(6-11)17-10-13(8-15(18)19)9-16(17,3)4/h5-7,13H,8-10H2,1-4H3,(H,18,19). The Bertz CT molecular complexity index is 473. The molecule has 19 heavy (non-hydrogen) atoms. The Morgan fingerprint density at radius 3 is 2.42 bits per heavy atom. The molecule has 1 atom stereocenters. The number of carbonyl (C=O) groups is 1. The minimum atomic E-state index is -0.692. The summed E-state index contributed by atoms with van der Waals surface area (Å²) in [5.41, 5.74) is 3.76. The summed E-state index contributed by atoms with van der Waals surface area (Å²) < 4.78 is 0. The van der Waals surface area contributed by atoms with Crippen molar-refractivity contribution >= 4 is 11.7 Å². The molecule has 0 bridgehead atoms. The van der Waals surface area contributed by atoms with E-state index in [1.54, 1.807) is 0 Å². The molecular formula is C16H23NO2. The van der Waals surface area contributed by atoms with Crippen LogP contribution in [0.2, 0.25) is 0 Å². The van der Waals surface area contributed by atoms with Crippen molar-refractivity contribution in [1.29, 1.82) is 0 Å². The van der Waals surface area contributed by atoms with Gasteiger partial charge in [0.2, 0.25) is 0 Å². The minimum absolute atomic E-state index is 0.0281. The summed E-state index contributed by atoms with van der Waals surface area (Å²) >= 11 is 0. The number of anilines is 1. The lowest BCUT2D eigenvalue weighted by molar-refractivity contribution is -0.137. The van der Waals surface area contributed by atoms with Gasteiger partial charge >= 0.3 is 5.97 Å².